The summed E-state index contributed by atoms with van der Waals surface area (Å²) in [5, 5.41) is 28.6. The molecule has 2 amide bonds. The summed E-state index contributed by atoms with van der Waals surface area (Å²) in [6, 6.07) is 23.8. The lowest BCUT2D eigenvalue weighted by atomic mass is 9.88. The van der Waals surface area contributed by atoms with Gasteiger partial charge in [-0.2, -0.15) is 0 Å². The van der Waals surface area contributed by atoms with Gasteiger partial charge in [0.25, 0.3) is 0 Å². The minimum Gasteiger partial charge on any atom is -0.492 e. The molecule has 10 heteroatoms. The number of benzene rings is 3. The number of amides is 2. The van der Waals surface area contributed by atoms with Crippen molar-refractivity contribution in [1.29, 1.82) is 0 Å². The molecule has 0 bridgehead atoms. The Bertz CT molecular complexity index is 1520. The molecule has 270 valence electrons. The lowest BCUT2D eigenvalue weighted by molar-refractivity contribution is -0.127. The van der Waals surface area contributed by atoms with Crippen LogP contribution < -0.4 is 15.4 Å². The summed E-state index contributed by atoms with van der Waals surface area (Å²) in [6.07, 6.45) is -1.21. The maximum absolute atomic E-state index is 14.1. The van der Waals surface area contributed by atoms with E-state index in [9.17, 15) is 19.8 Å². The zero-order valence-electron chi connectivity index (χ0n) is 29.9. The maximum Gasteiger partial charge on any atom is 0.407 e. The van der Waals surface area contributed by atoms with Crippen molar-refractivity contribution in [1.82, 2.24) is 20.4 Å². The lowest BCUT2D eigenvalue weighted by Crippen LogP contribution is -2.48. The number of piperazine rings is 1. The summed E-state index contributed by atoms with van der Waals surface area (Å²) in [5.41, 5.74) is 3.04. The maximum atomic E-state index is 14.1. The van der Waals surface area contributed by atoms with E-state index in [0.717, 1.165) is 60.7 Å². The normalized spacial score (nSPS) is 20.0. The van der Waals surface area contributed by atoms with Crippen LogP contribution in [0, 0.1) is 5.92 Å². The van der Waals surface area contributed by atoms with E-state index in [-0.39, 0.29) is 12.3 Å². The van der Waals surface area contributed by atoms with E-state index >= 15 is 0 Å². The van der Waals surface area contributed by atoms with E-state index in [1.54, 1.807) is 20.8 Å². The Balaban J connectivity index is 1.30. The van der Waals surface area contributed by atoms with Gasteiger partial charge in [0.2, 0.25) is 5.91 Å². The van der Waals surface area contributed by atoms with Gasteiger partial charge in [-0.15, -0.1) is 0 Å². The van der Waals surface area contributed by atoms with E-state index in [1.807, 2.05) is 78.9 Å². The van der Waals surface area contributed by atoms with Crippen molar-refractivity contribution in [2.75, 3.05) is 46.4 Å². The number of alkyl carbamates (subject to hydrolysis) is 1. The van der Waals surface area contributed by atoms with Gasteiger partial charge in [0.05, 0.1) is 24.3 Å². The number of nitrogens with zero attached hydrogens (tertiary/aromatic N) is 2. The van der Waals surface area contributed by atoms with Crippen molar-refractivity contribution >= 4 is 12.0 Å². The van der Waals surface area contributed by atoms with Gasteiger partial charge in [-0.05, 0) is 81.5 Å². The second-order valence-electron chi connectivity index (χ2n) is 14.7. The molecule has 0 saturated carbocycles. The fourth-order valence-electron chi connectivity index (χ4n) is 6.74. The highest BCUT2D eigenvalue weighted by Gasteiger charge is 2.35. The number of carbonyl (C=O) groups is 2. The summed E-state index contributed by atoms with van der Waals surface area (Å²) in [4.78, 5) is 31.7. The number of ether oxygens (including phenoxy) is 2. The average molecular weight is 687 g/mol. The van der Waals surface area contributed by atoms with Gasteiger partial charge in [0.15, 0.2) is 0 Å². The van der Waals surface area contributed by atoms with E-state index in [2.05, 4.69) is 27.5 Å². The molecule has 2 aliphatic rings. The second kappa shape index (κ2) is 17.3. The molecule has 10 nitrogen and oxygen atoms in total. The van der Waals surface area contributed by atoms with Crippen molar-refractivity contribution in [3.05, 3.63) is 101 Å². The first-order chi connectivity index (χ1) is 23.9. The monoisotopic (exact) mass is 686 g/mol. The third kappa shape index (κ3) is 11.0. The van der Waals surface area contributed by atoms with Gasteiger partial charge in [-0.3, -0.25) is 9.69 Å². The quantitative estimate of drug-likeness (QED) is 0.200. The predicted octanol–water partition coefficient (Wildman–Crippen LogP) is 4.13. The minimum atomic E-state index is -1.07. The first-order valence-corrected chi connectivity index (χ1v) is 17.8. The third-order valence-corrected chi connectivity index (χ3v) is 9.54. The molecule has 5 atom stereocenters. The molecular weight excluding hydrogens is 632 g/mol. The highest BCUT2D eigenvalue weighted by Crippen LogP contribution is 2.32. The Morgan fingerprint density at radius 2 is 1.56 bits per heavy atom. The Labute approximate surface area is 296 Å². The number of fused-ring (bicyclic) bond motifs is 1. The van der Waals surface area contributed by atoms with Gasteiger partial charge < -0.3 is 35.2 Å². The van der Waals surface area contributed by atoms with Crippen LogP contribution >= 0.6 is 0 Å². The fourth-order valence-corrected chi connectivity index (χ4v) is 6.74. The smallest absolute Gasteiger partial charge is 0.407 e. The molecule has 5 rings (SSSR count). The molecule has 1 fully saturated rings. The first kappa shape index (κ1) is 37.3. The van der Waals surface area contributed by atoms with Gasteiger partial charge in [-0.25, -0.2) is 4.79 Å². The largest absolute Gasteiger partial charge is 0.492 e. The molecule has 3 aromatic rings. The minimum absolute atomic E-state index is 0.0763. The van der Waals surface area contributed by atoms with Crippen LogP contribution in [0.2, 0.25) is 0 Å². The van der Waals surface area contributed by atoms with E-state index in [4.69, 9.17) is 9.47 Å². The summed E-state index contributed by atoms with van der Waals surface area (Å²) in [6.45, 7) is 11.0. The molecule has 3 aromatic carbocycles. The molecule has 50 heavy (non-hydrogen) atoms. The molecule has 4 N–H and O–H groups in total. The fraction of sp³-hybridized carbons (Fsp3) is 0.500. The van der Waals surface area contributed by atoms with Crippen LogP contribution in [0.1, 0.15) is 55.5 Å². The van der Waals surface area contributed by atoms with Crippen LogP contribution in [0.4, 0.5) is 4.79 Å². The van der Waals surface area contributed by atoms with Gasteiger partial charge in [-0.1, -0.05) is 66.7 Å². The summed E-state index contributed by atoms with van der Waals surface area (Å²) >= 11 is 0. The van der Waals surface area contributed by atoms with Crippen molar-refractivity contribution in [2.45, 2.75) is 76.3 Å². The predicted molar refractivity (Wildman–Crippen MR) is 194 cm³/mol. The van der Waals surface area contributed by atoms with Crippen LogP contribution in [0.15, 0.2) is 78.9 Å². The van der Waals surface area contributed by atoms with E-state index in [0.29, 0.717) is 25.9 Å². The van der Waals surface area contributed by atoms with Gasteiger partial charge >= 0.3 is 6.09 Å². The van der Waals surface area contributed by atoms with Gasteiger partial charge in [0.1, 0.15) is 18.0 Å². The second-order valence-corrected chi connectivity index (χ2v) is 14.7. The van der Waals surface area contributed by atoms with Crippen LogP contribution in [-0.4, -0.2) is 102 Å². The SMILES string of the molecule is CN1CCN(CCOc2ccc(C[C@H](C[C@H](O)[C@H](Cc3ccccc3)NC(=O)OC(C)(C)C)C(=O)NC3c4ccccc4C[C@H]3O)cc2)CC1. The first-order valence-electron chi connectivity index (χ1n) is 17.8. The molecule has 0 aromatic heterocycles. The van der Waals surface area contributed by atoms with Gasteiger partial charge in [0, 0.05) is 45.1 Å². The zero-order chi connectivity index (χ0) is 35.7. The Hall–Kier alpha value is -3.96. The molecule has 1 aliphatic carbocycles. The van der Waals surface area contributed by atoms with Crippen LogP contribution in [-0.2, 0) is 28.8 Å². The van der Waals surface area contributed by atoms with Crippen molar-refractivity contribution in [3.8, 4) is 5.75 Å². The summed E-state index contributed by atoms with van der Waals surface area (Å²) in [5.74, 6) is -0.167. The average Bonchev–Trinajstić information content (AvgIpc) is 3.39. The van der Waals surface area contributed by atoms with E-state index < -0.39 is 41.9 Å². The molecule has 1 heterocycles. The van der Waals surface area contributed by atoms with Crippen molar-refractivity contribution in [3.63, 3.8) is 0 Å². The lowest BCUT2D eigenvalue weighted by Gasteiger charge is -2.32. The third-order valence-electron chi connectivity index (χ3n) is 9.54. The van der Waals surface area contributed by atoms with Crippen LogP contribution in [0.5, 0.6) is 5.75 Å². The van der Waals surface area contributed by atoms with Crippen LogP contribution in [0.3, 0.4) is 0 Å². The summed E-state index contributed by atoms with van der Waals surface area (Å²) in [7, 11) is 2.14. The standard InChI is InChI=1S/C40H54N4O6/c1-40(2,3)50-39(48)41-34(25-28-10-6-5-7-11-28)35(45)27-31(38(47)42-37-33-13-9-8-12-30(33)26-36(37)46)24-29-14-16-32(17-15-29)49-23-22-44-20-18-43(4)19-21-44/h5-17,31,34-37,45-46H,18-27H2,1-4H3,(H,41,48)(H,42,47)/t31-,34+,35+,36-,37?/m1/s1. The van der Waals surface area contributed by atoms with Crippen molar-refractivity contribution in [2.24, 2.45) is 5.92 Å². The Kier molecular flexibility index (Phi) is 12.9. The molecule has 1 saturated heterocycles. The van der Waals surface area contributed by atoms with E-state index in [1.165, 1.54) is 0 Å². The molecule has 1 aliphatic heterocycles. The topological polar surface area (TPSA) is 124 Å². The number of hydrogen-bond acceptors (Lipinski definition) is 8. The zero-order valence-corrected chi connectivity index (χ0v) is 29.9. The highest BCUT2D eigenvalue weighted by atomic mass is 16.6. The molecule has 0 radical (unpaired) electrons. The number of rotatable bonds is 14. The number of likely N-dealkylation sites (N-methyl/N-ethyl adjacent to an activating group) is 1. The number of carbonyl (C=O) groups excluding carboxylic acids is 2. The summed E-state index contributed by atoms with van der Waals surface area (Å²) < 4.78 is 11.6. The molecule has 0 spiro atoms. The number of aliphatic hydroxyl groups excluding tert-OH is 2. The number of nitrogens with one attached hydrogen (secondary N) is 2. The number of aliphatic hydroxyl groups is 2. The van der Waals surface area contributed by atoms with Crippen LogP contribution in [0.25, 0.3) is 0 Å². The number of hydrogen-bond donors (Lipinski definition) is 4. The Morgan fingerprint density at radius 1 is 0.900 bits per heavy atom. The molecular formula is C40H54N4O6. The Morgan fingerprint density at radius 3 is 2.26 bits per heavy atom. The van der Waals surface area contributed by atoms with Crippen molar-refractivity contribution < 1.29 is 29.3 Å². The molecule has 1 unspecified atom stereocenters. The highest BCUT2D eigenvalue weighted by molar-refractivity contribution is 5.80.